The van der Waals surface area contributed by atoms with Crippen LogP contribution in [-0.2, 0) is 12.8 Å². The maximum absolute atomic E-state index is 9.32. The molecule has 1 heterocycles. The lowest BCUT2D eigenvalue weighted by molar-refractivity contribution is 0.315. The summed E-state index contributed by atoms with van der Waals surface area (Å²) < 4.78 is 5.67. The Morgan fingerprint density at radius 1 is 1.17 bits per heavy atom. The number of nitriles is 1. The molecule has 23 heavy (non-hydrogen) atoms. The maximum atomic E-state index is 9.32. The van der Waals surface area contributed by atoms with E-state index < -0.39 is 0 Å². The Morgan fingerprint density at radius 2 is 2.00 bits per heavy atom. The minimum absolute atomic E-state index is 0.643. The van der Waals surface area contributed by atoms with Gasteiger partial charge in [0.25, 0.3) is 0 Å². The van der Waals surface area contributed by atoms with Crippen LogP contribution in [0, 0.1) is 11.3 Å². The van der Waals surface area contributed by atoms with Gasteiger partial charge in [0.15, 0.2) is 0 Å². The van der Waals surface area contributed by atoms with Gasteiger partial charge in [0.1, 0.15) is 17.6 Å². The minimum Gasteiger partial charge on any atom is -0.494 e. The summed E-state index contributed by atoms with van der Waals surface area (Å²) in [6, 6.07) is 14.1. The van der Waals surface area contributed by atoms with Gasteiger partial charge in [-0.05, 0) is 55.9 Å². The minimum atomic E-state index is 0.643. The number of pyridine rings is 1. The average molecular weight is 307 g/mol. The molecule has 1 aliphatic carbocycles. The fourth-order valence-electron chi connectivity index (χ4n) is 2.84. The quantitative estimate of drug-likeness (QED) is 0.826. The molecule has 0 aliphatic heterocycles. The smallest absolute Gasteiger partial charge is 0.144 e. The number of aryl methyl sites for hydroxylation is 2. The molecule has 0 radical (unpaired) electrons. The van der Waals surface area contributed by atoms with Crippen LogP contribution in [-0.4, -0.2) is 18.1 Å². The zero-order valence-electron chi connectivity index (χ0n) is 13.2. The average Bonchev–Trinajstić information content (AvgIpc) is 2.61. The van der Waals surface area contributed by atoms with Crippen molar-refractivity contribution in [2.45, 2.75) is 32.1 Å². The first kappa shape index (κ1) is 15.4. The number of hydrogen-bond donors (Lipinski definition) is 1. The Labute approximate surface area is 137 Å². The molecule has 1 aromatic carbocycles. The molecule has 0 bridgehead atoms. The van der Waals surface area contributed by atoms with Crippen LogP contribution in [0.1, 0.15) is 36.1 Å². The zero-order chi connectivity index (χ0) is 15.9. The highest BCUT2D eigenvalue weighted by molar-refractivity contribution is 5.54. The van der Waals surface area contributed by atoms with E-state index >= 15 is 0 Å². The van der Waals surface area contributed by atoms with E-state index in [0.717, 1.165) is 37.3 Å². The van der Waals surface area contributed by atoms with E-state index in [-0.39, 0.29) is 0 Å². The number of nitrogens with one attached hydrogen (secondary N) is 1. The number of anilines is 1. The molecule has 0 fully saturated rings. The molecule has 0 unspecified atom stereocenters. The summed E-state index contributed by atoms with van der Waals surface area (Å²) in [5, 5.41) is 12.6. The molecule has 4 nitrogen and oxygen atoms in total. The summed E-state index contributed by atoms with van der Waals surface area (Å²) >= 11 is 0. The molecule has 4 heteroatoms. The summed E-state index contributed by atoms with van der Waals surface area (Å²) in [7, 11) is 0. The number of aromatic nitrogens is 1. The lowest BCUT2D eigenvalue weighted by Crippen LogP contribution is -2.13. The van der Waals surface area contributed by atoms with Crippen molar-refractivity contribution in [1.29, 1.82) is 5.26 Å². The van der Waals surface area contributed by atoms with Gasteiger partial charge in [0, 0.05) is 12.2 Å². The second-order valence-corrected chi connectivity index (χ2v) is 5.75. The third-order valence-corrected chi connectivity index (χ3v) is 4.05. The molecule has 118 valence electrons. The van der Waals surface area contributed by atoms with Gasteiger partial charge in [0.2, 0.25) is 0 Å². The molecule has 1 aromatic heterocycles. The molecule has 1 aliphatic rings. The molecule has 3 rings (SSSR count). The molecular weight excluding hydrogens is 286 g/mol. The Kier molecular flexibility index (Phi) is 5.10. The van der Waals surface area contributed by atoms with E-state index in [1.54, 1.807) is 0 Å². The second-order valence-electron chi connectivity index (χ2n) is 5.75. The molecular formula is C19H21N3O. The van der Waals surface area contributed by atoms with Crippen molar-refractivity contribution in [1.82, 2.24) is 4.98 Å². The van der Waals surface area contributed by atoms with Gasteiger partial charge in [-0.3, -0.25) is 0 Å². The molecule has 1 N–H and O–H groups in total. The maximum Gasteiger partial charge on any atom is 0.144 e. The third-order valence-electron chi connectivity index (χ3n) is 4.05. The fraction of sp³-hybridized carbons (Fsp3) is 0.368. The number of para-hydroxylation sites is 1. The van der Waals surface area contributed by atoms with Crippen LogP contribution in [0.15, 0.2) is 36.4 Å². The Balaban J connectivity index is 1.53. The first-order valence-corrected chi connectivity index (χ1v) is 8.21. The van der Waals surface area contributed by atoms with E-state index in [9.17, 15) is 5.26 Å². The summed E-state index contributed by atoms with van der Waals surface area (Å²) in [6.07, 6.45) is 5.31. The predicted molar refractivity (Wildman–Crippen MR) is 90.6 cm³/mol. The van der Waals surface area contributed by atoms with E-state index in [1.165, 1.54) is 18.4 Å². The lowest BCUT2D eigenvalue weighted by atomic mass is 9.95. The first-order valence-electron chi connectivity index (χ1n) is 8.21. The van der Waals surface area contributed by atoms with E-state index in [0.29, 0.717) is 18.0 Å². The van der Waals surface area contributed by atoms with Crippen molar-refractivity contribution in [3.8, 4) is 11.8 Å². The highest BCUT2D eigenvalue weighted by Gasteiger charge is 2.14. The summed E-state index contributed by atoms with van der Waals surface area (Å²) in [4.78, 5) is 4.67. The predicted octanol–water partition coefficient (Wildman–Crippen LogP) is 3.71. The highest BCUT2D eigenvalue weighted by Crippen LogP contribution is 2.24. The van der Waals surface area contributed by atoms with Crippen molar-refractivity contribution in [3.05, 3.63) is 53.2 Å². The topological polar surface area (TPSA) is 57.9 Å². The molecule has 0 spiro atoms. The lowest BCUT2D eigenvalue weighted by Gasteiger charge is -2.17. The van der Waals surface area contributed by atoms with Gasteiger partial charge in [-0.2, -0.15) is 5.26 Å². The number of nitrogens with zero attached hydrogens (tertiary/aromatic N) is 2. The van der Waals surface area contributed by atoms with Gasteiger partial charge < -0.3 is 10.1 Å². The van der Waals surface area contributed by atoms with Crippen molar-refractivity contribution >= 4 is 5.82 Å². The monoisotopic (exact) mass is 307 g/mol. The summed E-state index contributed by atoms with van der Waals surface area (Å²) in [5.41, 5.74) is 3.04. The summed E-state index contributed by atoms with van der Waals surface area (Å²) in [6.45, 7) is 1.39. The van der Waals surface area contributed by atoms with Gasteiger partial charge in [-0.15, -0.1) is 0 Å². The number of rotatable bonds is 6. The largest absolute Gasteiger partial charge is 0.494 e. The van der Waals surface area contributed by atoms with Crippen LogP contribution < -0.4 is 10.1 Å². The van der Waals surface area contributed by atoms with Crippen molar-refractivity contribution in [2.75, 3.05) is 18.5 Å². The Hall–Kier alpha value is -2.54. The third kappa shape index (κ3) is 4.01. The van der Waals surface area contributed by atoms with Crippen LogP contribution in [0.2, 0.25) is 0 Å². The SMILES string of the molecule is N#Cc1cc2c(nc1NCCCOc1ccccc1)CCCC2. The molecule has 2 aromatic rings. The van der Waals surface area contributed by atoms with Gasteiger partial charge in [-0.1, -0.05) is 18.2 Å². The van der Waals surface area contributed by atoms with Gasteiger partial charge in [0.05, 0.1) is 12.2 Å². The van der Waals surface area contributed by atoms with E-state index in [2.05, 4.69) is 16.4 Å². The van der Waals surface area contributed by atoms with Gasteiger partial charge in [-0.25, -0.2) is 4.98 Å². The first-order chi connectivity index (χ1) is 11.4. The standard InChI is InChI=1S/C19H21N3O/c20-14-16-13-15-7-4-5-10-18(15)22-19(16)21-11-6-12-23-17-8-2-1-3-9-17/h1-3,8-9,13H,4-7,10-12H2,(H,21,22). The van der Waals surface area contributed by atoms with Crippen molar-refractivity contribution in [3.63, 3.8) is 0 Å². The Bertz CT molecular complexity index is 692. The highest BCUT2D eigenvalue weighted by atomic mass is 16.5. The molecule has 0 saturated carbocycles. The molecule has 0 amide bonds. The normalized spacial score (nSPS) is 13.0. The van der Waals surface area contributed by atoms with E-state index in [1.807, 2.05) is 36.4 Å². The van der Waals surface area contributed by atoms with Crippen LogP contribution in [0.5, 0.6) is 5.75 Å². The van der Waals surface area contributed by atoms with Crippen LogP contribution >= 0.6 is 0 Å². The van der Waals surface area contributed by atoms with Crippen molar-refractivity contribution < 1.29 is 4.74 Å². The molecule has 0 atom stereocenters. The van der Waals surface area contributed by atoms with Gasteiger partial charge >= 0.3 is 0 Å². The van der Waals surface area contributed by atoms with Crippen LogP contribution in [0.3, 0.4) is 0 Å². The number of benzene rings is 1. The zero-order valence-corrected chi connectivity index (χ0v) is 13.2. The van der Waals surface area contributed by atoms with E-state index in [4.69, 9.17) is 4.74 Å². The number of hydrogen-bond acceptors (Lipinski definition) is 4. The van der Waals surface area contributed by atoms with Crippen molar-refractivity contribution in [2.24, 2.45) is 0 Å². The number of ether oxygens (including phenoxy) is 1. The number of fused-ring (bicyclic) bond motifs is 1. The Morgan fingerprint density at radius 3 is 2.83 bits per heavy atom. The summed E-state index contributed by atoms with van der Waals surface area (Å²) in [5.74, 6) is 1.60. The second kappa shape index (κ2) is 7.64. The fourth-order valence-corrected chi connectivity index (χ4v) is 2.84. The van der Waals surface area contributed by atoms with Crippen LogP contribution in [0.4, 0.5) is 5.82 Å². The van der Waals surface area contributed by atoms with Crippen LogP contribution in [0.25, 0.3) is 0 Å². The molecule has 0 saturated heterocycles.